The Kier molecular flexibility index (Phi) is 8.08. The van der Waals surface area contributed by atoms with Crippen molar-refractivity contribution in [2.24, 2.45) is 0 Å². The third-order valence-electron chi connectivity index (χ3n) is 4.55. The van der Waals surface area contributed by atoms with E-state index in [2.05, 4.69) is 44.7 Å². The molecule has 1 aromatic carbocycles. The molecule has 0 aliphatic carbocycles. The Bertz CT molecular complexity index is 735. The number of amides is 1. The fourth-order valence-electron chi connectivity index (χ4n) is 3.02. The Balaban J connectivity index is 1.43. The summed E-state index contributed by atoms with van der Waals surface area (Å²) in [5, 5.41) is 12.0. The Morgan fingerprint density at radius 1 is 1.25 bits per heavy atom. The zero-order valence-corrected chi connectivity index (χ0v) is 18.0. The van der Waals surface area contributed by atoms with Gasteiger partial charge in [0.15, 0.2) is 4.34 Å². The standard InChI is InChI=1S/C19H27N5O2S2/c1-15(27-19-22-21-18(28-19)20-8-13-26-2)17(25)24-11-9-23(10-12-24)14-16-6-4-3-5-7-16/h3-7,15H,8-14H2,1-2H3,(H,20,21). The Hall–Kier alpha value is -1.68. The number of piperazine rings is 1. The van der Waals surface area contributed by atoms with Gasteiger partial charge < -0.3 is 15.0 Å². The van der Waals surface area contributed by atoms with Crippen LogP contribution >= 0.6 is 23.1 Å². The van der Waals surface area contributed by atoms with Crippen LogP contribution in [0.4, 0.5) is 5.13 Å². The number of aromatic nitrogens is 2. The summed E-state index contributed by atoms with van der Waals surface area (Å²) in [6.07, 6.45) is 0. The van der Waals surface area contributed by atoms with E-state index in [4.69, 9.17) is 4.74 Å². The van der Waals surface area contributed by atoms with E-state index >= 15 is 0 Å². The first kappa shape index (κ1) is 21.0. The molecule has 0 radical (unpaired) electrons. The highest BCUT2D eigenvalue weighted by Crippen LogP contribution is 2.29. The smallest absolute Gasteiger partial charge is 0.235 e. The summed E-state index contributed by atoms with van der Waals surface area (Å²) in [5.41, 5.74) is 1.32. The third-order valence-corrected chi connectivity index (χ3v) is 6.60. The molecule has 1 fully saturated rings. The number of nitrogens with one attached hydrogen (secondary N) is 1. The monoisotopic (exact) mass is 421 g/mol. The van der Waals surface area contributed by atoms with E-state index in [1.54, 1.807) is 7.11 Å². The zero-order chi connectivity index (χ0) is 19.8. The minimum absolute atomic E-state index is 0.166. The molecule has 0 spiro atoms. The largest absolute Gasteiger partial charge is 0.383 e. The number of hydrogen-bond donors (Lipinski definition) is 1. The van der Waals surface area contributed by atoms with Crippen molar-refractivity contribution in [3.8, 4) is 0 Å². The van der Waals surface area contributed by atoms with Crippen molar-refractivity contribution in [2.45, 2.75) is 23.1 Å². The van der Waals surface area contributed by atoms with Crippen LogP contribution in [0.5, 0.6) is 0 Å². The van der Waals surface area contributed by atoms with Crippen LogP contribution in [0.2, 0.25) is 0 Å². The number of hydrogen-bond acceptors (Lipinski definition) is 8. The van der Waals surface area contributed by atoms with Crippen molar-refractivity contribution in [1.29, 1.82) is 0 Å². The molecule has 7 nitrogen and oxygen atoms in total. The van der Waals surface area contributed by atoms with Crippen molar-refractivity contribution < 1.29 is 9.53 Å². The highest BCUT2D eigenvalue weighted by Gasteiger charge is 2.26. The summed E-state index contributed by atoms with van der Waals surface area (Å²) < 4.78 is 5.82. The number of nitrogens with zero attached hydrogens (tertiary/aromatic N) is 4. The summed E-state index contributed by atoms with van der Waals surface area (Å²) in [4.78, 5) is 17.2. The lowest BCUT2D eigenvalue weighted by Crippen LogP contribution is -2.50. The molecular formula is C19H27N5O2S2. The molecule has 1 N–H and O–H groups in total. The van der Waals surface area contributed by atoms with Gasteiger partial charge in [-0.05, 0) is 12.5 Å². The SMILES string of the molecule is COCCNc1nnc(SC(C)C(=O)N2CCN(Cc3ccccc3)CC2)s1. The summed E-state index contributed by atoms with van der Waals surface area (Å²) in [7, 11) is 1.66. The van der Waals surface area contributed by atoms with Gasteiger partial charge in [-0.15, -0.1) is 10.2 Å². The molecule has 3 rings (SSSR count). The van der Waals surface area contributed by atoms with Crippen molar-refractivity contribution in [2.75, 3.05) is 51.8 Å². The van der Waals surface area contributed by atoms with Gasteiger partial charge in [-0.3, -0.25) is 9.69 Å². The lowest BCUT2D eigenvalue weighted by molar-refractivity contribution is -0.132. The lowest BCUT2D eigenvalue weighted by atomic mass is 10.2. The average molecular weight is 422 g/mol. The Morgan fingerprint density at radius 3 is 2.71 bits per heavy atom. The third kappa shape index (κ3) is 6.16. The van der Waals surface area contributed by atoms with Gasteiger partial charge in [-0.2, -0.15) is 0 Å². The van der Waals surface area contributed by atoms with Gasteiger partial charge in [0.1, 0.15) is 0 Å². The van der Waals surface area contributed by atoms with Crippen molar-refractivity contribution in [1.82, 2.24) is 20.0 Å². The summed E-state index contributed by atoms with van der Waals surface area (Å²) >= 11 is 2.95. The maximum atomic E-state index is 12.8. The van der Waals surface area contributed by atoms with Gasteiger partial charge in [0.05, 0.1) is 11.9 Å². The number of methoxy groups -OCH3 is 1. The molecular weight excluding hydrogens is 394 g/mol. The second-order valence-electron chi connectivity index (χ2n) is 6.64. The average Bonchev–Trinajstić information content (AvgIpc) is 3.16. The topological polar surface area (TPSA) is 70.6 Å². The van der Waals surface area contributed by atoms with Crippen LogP contribution < -0.4 is 5.32 Å². The Labute approximate surface area is 174 Å². The van der Waals surface area contributed by atoms with Crippen LogP contribution in [-0.4, -0.2) is 77.6 Å². The second-order valence-corrected chi connectivity index (χ2v) is 9.21. The molecule has 152 valence electrons. The van der Waals surface area contributed by atoms with Gasteiger partial charge in [-0.25, -0.2) is 0 Å². The molecule has 2 heterocycles. The lowest BCUT2D eigenvalue weighted by Gasteiger charge is -2.35. The summed E-state index contributed by atoms with van der Waals surface area (Å²) in [6.45, 7) is 7.56. The Morgan fingerprint density at radius 2 is 2.00 bits per heavy atom. The summed E-state index contributed by atoms with van der Waals surface area (Å²) in [6, 6.07) is 10.5. The number of thioether (sulfide) groups is 1. The van der Waals surface area contributed by atoms with Crippen molar-refractivity contribution in [3.05, 3.63) is 35.9 Å². The van der Waals surface area contributed by atoms with Crippen molar-refractivity contribution >= 4 is 34.1 Å². The number of anilines is 1. The molecule has 1 aliphatic rings. The first-order chi connectivity index (χ1) is 13.7. The quantitative estimate of drug-likeness (QED) is 0.492. The van der Waals surface area contributed by atoms with E-state index in [0.717, 1.165) is 42.2 Å². The van der Waals surface area contributed by atoms with Crippen LogP contribution in [0.3, 0.4) is 0 Å². The number of rotatable bonds is 9. The van der Waals surface area contributed by atoms with Crippen LogP contribution in [0.1, 0.15) is 12.5 Å². The maximum Gasteiger partial charge on any atom is 0.235 e. The molecule has 0 bridgehead atoms. The minimum atomic E-state index is -0.166. The van der Waals surface area contributed by atoms with E-state index in [9.17, 15) is 4.79 Å². The van der Waals surface area contributed by atoms with Crippen LogP contribution in [0.15, 0.2) is 34.7 Å². The van der Waals surface area contributed by atoms with E-state index in [1.807, 2.05) is 17.9 Å². The molecule has 1 aliphatic heterocycles. The first-order valence-electron chi connectivity index (χ1n) is 9.43. The van der Waals surface area contributed by atoms with Gasteiger partial charge in [0.25, 0.3) is 0 Å². The molecule has 28 heavy (non-hydrogen) atoms. The first-order valence-corrected chi connectivity index (χ1v) is 11.1. The highest BCUT2D eigenvalue weighted by atomic mass is 32.2. The van der Waals surface area contributed by atoms with Crippen LogP contribution in [0.25, 0.3) is 0 Å². The van der Waals surface area contributed by atoms with E-state index in [1.165, 1.54) is 28.7 Å². The zero-order valence-electron chi connectivity index (χ0n) is 16.3. The van der Waals surface area contributed by atoms with E-state index < -0.39 is 0 Å². The molecule has 2 aromatic rings. The highest BCUT2D eigenvalue weighted by molar-refractivity contribution is 8.02. The van der Waals surface area contributed by atoms with Gasteiger partial charge >= 0.3 is 0 Å². The van der Waals surface area contributed by atoms with Crippen molar-refractivity contribution in [3.63, 3.8) is 0 Å². The van der Waals surface area contributed by atoms with Gasteiger partial charge in [-0.1, -0.05) is 53.4 Å². The molecule has 1 aromatic heterocycles. The van der Waals surface area contributed by atoms with E-state index in [0.29, 0.717) is 13.2 Å². The predicted octanol–water partition coefficient (Wildman–Crippen LogP) is 2.42. The second kappa shape index (κ2) is 10.8. The van der Waals surface area contributed by atoms with Crippen LogP contribution in [0, 0.1) is 0 Å². The molecule has 1 amide bonds. The number of ether oxygens (including phenoxy) is 1. The van der Waals surface area contributed by atoms with Gasteiger partial charge in [0.2, 0.25) is 11.0 Å². The predicted molar refractivity (Wildman–Crippen MR) is 114 cm³/mol. The van der Waals surface area contributed by atoms with Gasteiger partial charge in [0, 0.05) is 46.4 Å². The molecule has 1 saturated heterocycles. The molecule has 1 unspecified atom stereocenters. The number of carbonyl (C=O) groups is 1. The molecule has 9 heteroatoms. The molecule has 1 atom stereocenters. The molecule has 0 saturated carbocycles. The number of carbonyl (C=O) groups excluding carboxylic acids is 1. The minimum Gasteiger partial charge on any atom is -0.383 e. The fourth-order valence-corrected chi connectivity index (χ4v) is 5.02. The maximum absolute atomic E-state index is 12.8. The van der Waals surface area contributed by atoms with E-state index in [-0.39, 0.29) is 11.2 Å². The fraction of sp³-hybridized carbons (Fsp3) is 0.526. The number of benzene rings is 1. The summed E-state index contributed by atoms with van der Waals surface area (Å²) in [5.74, 6) is 0.174. The van der Waals surface area contributed by atoms with Crippen LogP contribution in [-0.2, 0) is 16.1 Å². The normalized spacial score (nSPS) is 16.1.